The summed E-state index contributed by atoms with van der Waals surface area (Å²) < 4.78 is 64.6. The van der Waals surface area contributed by atoms with Gasteiger partial charge < -0.3 is 14.4 Å². The molecule has 3 aromatic carbocycles. The first kappa shape index (κ1) is 26.5. The van der Waals surface area contributed by atoms with Gasteiger partial charge in [-0.05, 0) is 82.8 Å². The molecule has 0 spiro atoms. The molecule has 0 saturated heterocycles. The van der Waals surface area contributed by atoms with Crippen LogP contribution in [-0.4, -0.2) is 15.0 Å². The number of aromatic nitrogens is 3. The van der Waals surface area contributed by atoms with Gasteiger partial charge in [-0.25, -0.2) is 4.98 Å². The first-order chi connectivity index (χ1) is 25.3. The number of furan rings is 1. The second-order valence-electron chi connectivity index (χ2n) is 12.9. The predicted octanol–water partition coefficient (Wildman–Crippen LogP) is 10.8. The maximum atomic E-state index is 9.18. The Bertz CT molecular complexity index is 2350. The molecule has 5 heteroatoms. The van der Waals surface area contributed by atoms with E-state index in [1.165, 1.54) is 6.07 Å². The predicted molar refractivity (Wildman–Crippen MR) is 193 cm³/mol. The van der Waals surface area contributed by atoms with Crippen molar-refractivity contribution in [1.29, 1.82) is 0 Å². The molecule has 4 aromatic heterocycles. The summed E-state index contributed by atoms with van der Waals surface area (Å²) in [5.41, 5.74) is 3.77. The maximum absolute atomic E-state index is 9.18. The number of aryl methyl sites for hydroxylation is 1. The second kappa shape index (κ2) is 14.8. The van der Waals surface area contributed by atoms with Crippen molar-refractivity contribution >= 4 is 22.1 Å². The van der Waals surface area contributed by atoms with Crippen LogP contribution in [0, 0.1) is 24.4 Å². The van der Waals surface area contributed by atoms with Gasteiger partial charge in [-0.2, -0.15) is 0 Å². The Labute approximate surface area is 307 Å². The molecule has 0 aliphatic rings. The third-order valence-corrected chi connectivity index (χ3v) is 7.55. The molecule has 0 unspecified atom stereocenters. The van der Waals surface area contributed by atoms with E-state index < -0.39 is 30.4 Å². The average molecular weight is 815 g/mol. The van der Waals surface area contributed by atoms with Gasteiger partial charge in [0.25, 0.3) is 0 Å². The molecule has 0 atom stereocenters. The first-order valence-electron chi connectivity index (χ1n) is 19.0. The van der Waals surface area contributed by atoms with Crippen LogP contribution in [0.2, 0.25) is 0 Å². The molecule has 0 aliphatic carbocycles. The fraction of sp³-hybridized carbons (Fsp3) is 0.233. The van der Waals surface area contributed by atoms with Crippen LogP contribution in [0.5, 0.6) is 0 Å². The van der Waals surface area contributed by atoms with Crippen molar-refractivity contribution in [3.05, 3.63) is 150 Å². The van der Waals surface area contributed by atoms with Gasteiger partial charge in [0, 0.05) is 53.2 Å². The second-order valence-corrected chi connectivity index (χ2v) is 12.9. The van der Waals surface area contributed by atoms with Gasteiger partial charge in [0.1, 0.15) is 0 Å². The number of fused-ring (bicyclic) bond motifs is 3. The van der Waals surface area contributed by atoms with E-state index in [1.54, 1.807) is 54.9 Å². The Hall–Kier alpha value is -4.44. The molecule has 4 heterocycles. The van der Waals surface area contributed by atoms with Crippen LogP contribution in [0.3, 0.4) is 0 Å². The van der Waals surface area contributed by atoms with Gasteiger partial charge in [0.05, 0.1) is 5.58 Å². The summed E-state index contributed by atoms with van der Waals surface area (Å²) in [5.74, 6) is 0. The largest absolute Gasteiger partial charge is 0.486 e. The van der Waals surface area contributed by atoms with Crippen molar-refractivity contribution in [2.45, 2.75) is 59.6 Å². The van der Waals surface area contributed by atoms with Crippen LogP contribution in [0.15, 0.2) is 120 Å². The molecule has 0 fully saturated rings. The monoisotopic (exact) mass is 815 g/mol. The standard InChI is InChI=1S/C32H33N2O.C11H8N.Ir/c1-21-10-15-26-25-8-7-9-27(29(25)35-30(26)34-21)28-18-24(16-17-33-28)32(5,6)20-23-13-11-22(12-14-23)19-31(2,3)4;1-2-6-10(7-3-1)11-8-4-5-9-12-11;/h7-8,10-18H,19-20H2,1-6H3;1-6,8-9H;/q2*-1;/i1D3,19D2,20D2;;. The van der Waals surface area contributed by atoms with Gasteiger partial charge in [-0.3, -0.25) is 0 Å². The van der Waals surface area contributed by atoms with Crippen LogP contribution in [0.25, 0.3) is 44.6 Å². The maximum Gasteiger partial charge on any atom is 0.216 e. The molecule has 1 radical (unpaired) electrons. The van der Waals surface area contributed by atoms with Crippen molar-refractivity contribution in [3.63, 3.8) is 0 Å². The average Bonchev–Trinajstić information content (AvgIpc) is 3.53. The summed E-state index contributed by atoms with van der Waals surface area (Å²) in [5, 5.41) is 1.43. The summed E-state index contributed by atoms with van der Waals surface area (Å²) in [6, 6.07) is 37.1. The van der Waals surface area contributed by atoms with E-state index in [9.17, 15) is 2.74 Å². The number of hydrogen-bond acceptors (Lipinski definition) is 4. The number of benzene rings is 3. The molecular formula is C43H41IrN3O-2. The Morgan fingerprint density at radius 2 is 1.48 bits per heavy atom. The SMILES string of the molecule is [2H]C([2H])([2H])c1ccc2c(n1)oc1c(-c3cc(C(C)(C)C([2H])([2H])c4ccc(C([2H])([2H])C(C)(C)C)cc4)ccn3)[c-]ccc12.[Ir].[c-]1ccccc1-c1ccccn1. The number of nitrogens with zero attached hydrogens (tertiary/aromatic N) is 3. The summed E-state index contributed by atoms with van der Waals surface area (Å²) in [6.45, 7) is 6.84. The fourth-order valence-corrected chi connectivity index (χ4v) is 5.35. The fourth-order valence-electron chi connectivity index (χ4n) is 5.35. The summed E-state index contributed by atoms with van der Waals surface area (Å²) in [4.78, 5) is 13.0. The number of rotatable bonds is 6. The summed E-state index contributed by atoms with van der Waals surface area (Å²) in [6.07, 6.45) is 0.0228. The van der Waals surface area contributed by atoms with Gasteiger partial charge >= 0.3 is 0 Å². The quantitative estimate of drug-likeness (QED) is 0.157. The van der Waals surface area contributed by atoms with E-state index in [1.807, 2.05) is 89.2 Å². The Morgan fingerprint density at radius 1 is 0.729 bits per heavy atom. The third kappa shape index (κ3) is 8.34. The smallest absolute Gasteiger partial charge is 0.216 e. The minimum absolute atomic E-state index is 0. The van der Waals surface area contributed by atoms with Crippen LogP contribution in [-0.2, 0) is 38.3 Å². The van der Waals surface area contributed by atoms with E-state index in [0.29, 0.717) is 38.9 Å². The van der Waals surface area contributed by atoms with E-state index in [0.717, 1.165) is 16.6 Å². The van der Waals surface area contributed by atoms with E-state index >= 15 is 0 Å². The van der Waals surface area contributed by atoms with Crippen LogP contribution in [0.4, 0.5) is 0 Å². The Kier molecular flexibility index (Phi) is 8.15. The normalized spacial score (nSPS) is 14.6. The summed E-state index contributed by atoms with van der Waals surface area (Å²) >= 11 is 0. The molecule has 4 nitrogen and oxygen atoms in total. The number of pyridine rings is 3. The molecule has 0 N–H and O–H groups in total. The molecule has 0 aliphatic heterocycles. The molecule has 7 rings (SSSR count). The minimum atomic E-state index is -2.36. The first-order valence-corrected chi connectivity index (χ1v) is 15.5. The van der Waals surface area contributed by atoms with Crippen LogP contribution >= 0.6 is 0 Å². The molecule has 0 saturated carbocycles. The third-order valence-electron chi connectivity index (χ3n) is 7.55. The summed E-state index contributed by atoms with van der Waals surface area (Å²) in [7, 11) is 0. The molecule has 7 aromatic rings. The van der Waals surface area contributed by atoms with E-state index in [2.05, 4.69) is 27.1 Å². The molecule has 0 bridgehead atoms. The van der Waals surface area contributed by atoms with Gasteiger partial charge in [-0.15, -0.1) is 54.1 Å². The van der Waals surface area contributed by atoms with Gasteiger partial charge in [-0.1, -0.05) is 88.0 Å². The minimum Gasteiger partial charge on any atom is -0.486 e. The van der Waals surface area contributed by atoms with Crippen molar-refractivity contribution < 1.29 is 34.1 Å². The molecule has 48 heavy (non-hydrogen) atoms. The zero-order valence-corrected chi connectivity index (χ0v) is 29.9. The van der Waals surface area contributed by atoms with Gasteiger partial charge in [0.2, 0.25) is 5.71 Å². The zero-order chi connectivity index (χ0) is 39.1. The Balaban J connectivity index is 0.000000378. The van der Waals surface area contributed by atoms with Crippen molar-refractivity contribution in [2.75, 3.05) is 0 Å². The molecule has 0 amide bonds. The zero-order valence-electron chi connectivity index (χ0n) is 34.6. The topological polar surface area (TPSA) is 51.8 Å². The van der Waals surface area contributed by atoms with Crippen molar-refractivity contribution in [2.24, 2.45) is 5.41 Å². The van der Waals surface area contributed by atoms with E-state index in [-0.39, 0.29) is 31.5 Å². The van der Waals surface area contributed by atoms with Crippen molar-refractivity contribution in [1.82, 2.24) is 15.0 Å². The number of hydrogen-bond donors (Lipinski definition) is 0. The van der Waals surface area contributed by atoms with Gasteiger partial charge in [0.15, 0.2) is 0 Å². The van der Waals surface area contributed by atoms with Crippen LogP contribution in [0.1, 0.15) is 66.6 Å². The molecule has 245 valence electrons. The Morgan fingerprint density at radius 3 is 2.17 bits per heavy atom. The van der Waals surface area contributed by atoms with E-state index in [4.69, 9.17) is 11.3 Å². The molecular weight excluding hydrogens is 767 g/mol. The van der Waals surface area contributed by atoms with Crippen LogP contribution < -0.4 is 0 Å². The van der Waals surface area contributed by atoms with Crippen molar-refractivity contribution in [3.8, 4) is 22.5 Å².